The number of hydrogen-bond donors (Lipinski definition) is 3. The van der Waals surface area contributed by atoms with Gasteiger partial charge in [0.2, 0.25) is 5.91 Å². The quantitative estimate of drug-likeness (QED) is 0.445. The van der Waals surface area contributed by atoms with Gasteiger partial charge in [-0.05, 0) is 54.8 Å². The van der Waals surface area contributed by atoms with E-state index in [-0.39, 0.29) is 16.5 Å². The zero-order valence-electron chi connectivity index (χ0n) is 16.1. The second-order valence-corrected chi connectivity index (χ2v) is 8.30. The van der Waals surface area contributed by atoms with Gasteiger partial charge in [0.25, 0.3) is 5.91 Å². The van der Waals surface area contributed by atoms with Crippen LogP contribution in [0.2, 0.25) is 10.0 Å². The molecule has 0 spiro atoms. The van der Waals surface area contributed by atoms with Crippen molar-refractivity contribution in [3.05, 3.63) is 70.3 Å². The van der Waals surface area contributed by atoms with Crippen molar-refractivity contribution in [3.63, 3.8) is 0 Å². The van der Waals surface area contributed by atoms with Gasteiger partial charge in [0.1, 0.15) is 6.04 Å². The van der Waals surface area contributed by atoms with Gasteiger partial charge in [0.15, 0.2) is 0 Å². The zero-order chi connectivity index (χ0) is 21.5. The number of rotatable bonds is 8. The van der Waals surface area contributed by atoms with Crippen LogP contribution in [0, 0.1) is 0 Å². The third kappa shape index (κ3) is 5.78. The van der Waals surface area contributed by atoms with Gasteiger partial charge in [0.05, 0.1) is 16.3 Å². The molecular formula is C21H20Cl2N4O2S. The minimum atomic E-state index is -0.715. The van der Waals surface area contributed by atoms with Gasteiger partial charge in [-0.2, -0.15) is 16.9 Å². The van der Waals surface area contributed by atoms with Crippen LogP contribution < -0.4 is 10.6 Å². The summed E-state index contributed by atoms with van der Waals surface area (Å²) in [6.45, 7) is 0. The number of amides is 2. The van der Waals surface area contributed by atoms with Crippen LogP contribution in [0.25, 0.3) is 11.3 Å². The lowest BCUT2D eigenvalue weighted by Gasteiger charge is -2.19. The van der Waals surface area contributed by atoms with E-state index in [0.29, 0.717) is 22.9 Å². The summed E-state index contributed by atoms with van der Waals surface area (Å²) < 4.78 is 0. The summed E-state index contributed by atoms with van der Waals surface area (Å²) in [5, 5.41) is 13.2. The number of thioether (sulfide) groups is 1. The highest BCUT2D eigenvalue weighted by Gasteiger charge is 2.22. The monoisotopic (exact) mass is 462 g/mol. The fourth-order valence-corrected chi connectivity index (χ4v) is 3.79. The van der Waals surface area contributed by atoms with Gasteiger partial charge in [0, 0.05) is 22.5 Å². The highest BCUT2D eigenvalue weighted by atomic mass is 35.5. The van der Waals surface area contributed by atoms with Crippen LogP contribution in [0.5, 0.6) is 0 Å². The summed E-state index contributed by atoms with van der Waals surface area (Å²) in [6.07, 6.45) is 4.08. The smallest absolute Gasteiger partial charge is 0.253 e. The number of hydrogen-bond acceptors (Lipinski definition) is 4. The molecule has 0 aliphatic rings. The van der Waals surface area contributed by atoms with Crippen molar-refractivity contribution >= 4 is 52.5 Å². The molecule has 3 aromatic rings. The molecule has 0 bridgehead atoms. The zero-order valence-corrected chi connectivity index (χ0v) is 18.4. The van der Waals surface area contributed by atoms with Crippen LogP contribution in [-0.4, -0.2) is 40.1 Å². The minimum Gasteiger partial charge on any atom is -0.340 e. The summed E-state index contributed by atoms with van der Waals surface area (Å²) in [7, 11) is 0. The van der Waals surface area contributed by atoms with Crippen molar-refractivity contribution in [2.45, 2.75) is 12.5 Å². The molecule has 3 N–H and O–H groups in total. The number of aromatic nitrogens is 2. The Morgan fingerprint density at radius 2 is 2.00 bits per heavy atom. The molecule has 0 aliphatic carbocycles. The van der Waals surface area contributed by atoms with Gasteiger partial charge in [-0.15, -0.1) is 0 Å². The molecule has 6 nitrogen and oxygen atoms in total. The number of nitrogens with zero attached hydrogens (tertiary/aromatic N) is 1. The van der Waals surface area contributed by atoms with E-state index < -0.39 is 11.9 Å². The predicted molar refractivity (Wildman–Crippen MR) is 123 cm³/mol. The number of H-pyrrole nitrogens is 1. The lowest BCUT2D eigenvalue weighted by molar-refractivity contribution is -0.118. The van der Waals surface area contributed by atoms with Crippen molar-refractivity contribution in [2.75, 3.05) is 17.3 Å². The number of halogens is 2. The standard InChI is InChI=1S/C21H20Cl2N4O2S/c1-30-10-8-19(26-20(28)16-6-5-14(22)12-17(16)23)21(29)25-15-4-2-3-13(11-15)18-7-9-24-27-18/h2-7,9,11-12,19H,8,10H2,1H3,(H,24,27)(H,25,29)(H,26,28). The maximum absolute atomic E-state index is 12.9. The van der Waals surface area contributed by atoms with Gasteiger partial charge in [-0.3, -0.25) is 14.7 Å². The van der Waals surface area contributed by atoms with Crippen LogP contribution >= 0.6 is 35.0 Å². The first-order valence-corrected chi connectivity index (χ1v) is 11.3. The van der Waals surface area contributed by atoms with Crippen molar-refractivity contribution in [1.82, 2.24) is 15.5 Å². The number of carbonyl (C=O) groups is 2. The molecule has 0 saturated heterocycles. The Hall–Kier alpha value is -2.48. The first kappa shape index (κ1) is 22.2. The largest absolute Gasteiger partial charge is 0.340 e. The molecule has 0 saturated carbocycles. The SMILES string of the molecule is CSCCC(NC(=O)c1ccc(Cl)cc1Cl)C(=O)Nc1cccc(-c2ccn[nH]2)c1. The summed E-state index contributed by atoms with van der Waals surface area (Å²) in [5.74, 6) is -0.0191. The molecule has 0 aliphatic heterocycles. The van der Waals surface area contributed by atoms with E-state index in [2.05, 4.69) is 20.8 Å². The molecule has 1 atom stereocenters. The second kappa shape index (κ2) is 10.5. The first-order chi connectivity index (χ1) is 14.5. The lowest BCUT2D eigenvalue weighted by Crippen LogP contribution is -2.44. The Morgan fingerprint density at radius 1 is 1.17 bits per heavy atom. The topological polar surface area (TPSA) is 86.9 Å². The molecule has 2 amide bonds. The van der Waals surface area contributed by atoms with Crippen LogP contribution in [0.1, 0.15) is 16.8 Å². The molecule has 1 heterocycles. The number of benzene rings is 2. The molecule has 9 heteroatoms. The van der Waals surface area contributed by atoms with E-state index >= 15 is 0 Å². The molecule has 0 radical (unpaired) electrons. The van der Waals surface area contributed by atoms with Crippen LogP contribution in [-0.2, 0) is 4.79 Å². The third-order valence-corrected chi connectivity index (χ3v) is 5.54. The summed E-state index contributed by atoms with van der Waals surface area (Å²) in [5.41, 5.74) is 2.63. The molecule has 3 rings (SSSR count). The Kier molecular flexibility index (Phi) is 7.79. The Bertz CT molecular complexity index is 1030. The van der Waals surface area contributed by atoms with Crippen LogP contribution in [0.3, 0.4) is 0 Å². The normalized spacial score (nSPS) is 11.7. The van der Waals surface area contributed by atoms with Gasteiger partial charge >= 0.3 is 0 Å². The minimum absolute atomic E-state index is 0.233. The molecule has 1 unspecified atom stereocenters. The second-order valence-electron chi connectivity index (χ2n) is 6.47. The summed E-state index contributed by atoms with van der Waals surface area (Å²) in [4.78, 5) is 25.6. The number of carbonyl (C=O) groups excluding carboxylic acids is 2. The number of nitrogens with one attached hydrogen (secondary N) is 3. The predicted octanol–water partition coefficient (Wildman–Crippen LogP) is 4.87. The first-order valence-electron chi connectivity index (χ1n) is 9.13. The number of aromatic amines is 1. The Labute approximate surface area is 188 Å². The van der Waals surface area contributed by atoms with Crippen molar-refractivity contribution in [2.24, 2.45) is 0 Å². The van der Waals surface area contributed by atoms with E-state index in [4.69, 9.17) is 23.2 Å². The maximum Gasteiger partial charge on any atom is 0.253 e. The molecule has 0 fully saturated rings. The van der Waals surface area contributed by atoms with E-state index in [9.17, 15) is 9.59 Å². The highest BCUT2D eigenvalue weighted by Crippen LogP contribution is 2.22. The van der Waals surface area contributed by atoms with Crippen LogP contribution in [0.4, 0.5) is 5.69 Å². The average molecular weight is 463 g/mol. The highest BCUT2D eigenvalue weighted by molar-refractivity contribution is 7.98. The van der Waals surface area contributed by atoms with Gasteiger partial charge in [-0.25, -0.2) is 0 Å². The summed E-state index contributed by atoms with van der Waals surface area (Å²) >= 11 is 13.6. The average Bonchev–Trinajstić information content (AvgIpc) is 3.26. The summed E-state index contributed by atoms with van der Waals surface area (Å²) in [6, 6.07) is 13.1. The van der Waals surface area contributed by atoms with Gasteiger partial charge in [-0.1, -0.05) is 35.3 Å². The lowest BCUT2D eigenvalue weighted by atomic mass is 10.1. The van der Waals surface area contributed by atoms with Gasteiger partial charge < -0.3 is 10.6 Å². The van der Waals surface area contributed by atoms with E-state index in [0.717, 1.165) is 11.3 Å². The fourth-order valence-electron chi connectivity index (χ4n) is 2.82. The molecule has 30 heavy (non-hydrogen) atoms. The van der Waals surface area contributed by atoms with E-state index in [1.165, 1.54) is 12.1 Å². The van der Waals surface area contributed by atoms with Crippen molar-refractivity contribution in [1.29, 1.82) is 0 Å². The van der Waals surface area contributed by atoms with Crippen molar-refractivity contribution < 1.29 is 9.59 Å². The molecule has 2 aromatic carbocycles. The van der Waals surface area contributed by atoms with E-state index in [1.54, 1.807) is 30.1 Å². The molecule has 156 valence electrons. The third-order valence-electron chi connectivity index (χ3n) is 4.35. The van der Waals surface area contributed by atoms with E-state index in [1.807, 2.05) is 30.5 Å². The molecule has 1 aromatic heterocycles. The Morgan fingerprint density at radius 3 is 2.70 bits per heavy atom. The van der Waals surface area contributed by atoms with Crippen molar-refractivity contribution in [3.8, 4) is 11.3 Å². The fraction of sp³-hybridized carbons (Fsp3) is 0.190. The van der Waals surface area contributed by atoms with Crippen LogP contribution in [0.15, 0.2) is 54.7 Å². The Balaban J connectivity index is 1.74. The maximum atomic E-state index is 12.9. The molecular weight excluding hydrogens is 443 g/mol. The number of anilines is 1.